The van der Waals surface area contributed by atoms with E-state index >= 15 is 0 Å². The summed E-state index contributed by atoms with van der Waals surface area (Å²) in [5.74, 6) is 4.96. The van der Waals surface area contributed by atoms with E-state index in [1.807, 2.05) is 0 Å². The predicted octanol–water partition coefficient (Wildman–Crippen LogP) is 2.23. The average molecular weight is 209 g/mol. The quantitative estimate of drug-likeness (QED) is 0.592. The van der Waals surface area contributed by atoms with Crippen molar-refractivity contribution in [3.8, 4) is 5.75 Å². The standard InChI is InChI=1S/C7H7ClF2N2O/c8-5-2-1-4(12-11)3-6(5)13-7(9)10/h1-3,7,12H,11H2. The summed E-state index contributed by atoms with van der Waals surface area (Å²) in [6.45, 7) is -2.90. The molecule has 0 amide bonds. The SMILES string of the molecule is NNc1ccc(Cl)c(OC(F)F)c1. The monoisotopic (exact) mass is 208 g/mol. The minimum atomic E-state index is -2.90. The van der Waals surface area contributed by atoms with Crippen LogP contribution in [-0.4, -0.2) is 6.61 Å². The van der Waals surface area contributed by atoms with Gasteiger partial charge in [0.05, 0.1) is 10.7 Å². The van der Waals surface area contributed by atoms with Gasteiger partial charge in [-0.25, -0.2) is 0 Å². The van der Waals surface area contributed by atoms with Crippen molar-refractivity contribution >= 4 is 17.3 Å². The lowest BCUT2D eigenvalue weighted by Crippen LogP contribution is -2.08. The van der Waals surface area contributed by atoms with Crippen LogP contribution in [0.15, 0.2) is 18.2 Å². The molecule has 0 saturated carbocycles. The van der Waals surface area contributed by atoms with Gasteiger partial charge in [0.1, 0.15) is 5.75 Å². The van der Waals surface area contributed by atoms with Gasteiger partial charge >= 0.3 is 6.61 Å². The molecular weight excluding hydrogens is 202 g/mol. The van der Waals surface area contributed by atoms with E-state index in [-0.39, 0.29) is 10.8 Å². The Balaban J connectivity index is 2.90. The number of hydrazine groups is 1. The molecule has 0 unspecified atom stereocenters. The summed E-state index contributed by atoms with van der Waals surface area (Å²) in [5.41, 5.74) is 2.73. The van der Waals surface area contributed by atoms with Crippen LogP contribution in [0.2, 0.25) is 5.02 Å². The van der Waals surface area contributed by atoms with Gasteiger partial charge in [-0.2, -0.15) is 8.78 Å². The highest BCUT2D eigenvalue weighted by molar-refractivity contribution is 6.32. The predicted molar refractivity (Wildman–Crippen MR) is 45.9 cm³/mol. The van der Waals surface area contributed by atoms with Gasteiger partial charge < -0.3 is 10.2 Å². The number of hydrogen-bond donors (Lipinski definition) is 2. The second-order valence-corrected chi connectivity index (χ2v) is 2.58. The number of anilines is 1. The van der Waals surface area contributed by atoms with Crippen molar-refractivity contribution in [1.82, 2.24) is 0 Å². The molecule has 72 valence electrons. The Morgan fingerprint density at radius 3 is 2.69 bits per heavy atom. The van der Waals surface area contributed by atoms with Crippen molar-refractivity contribution in [2.24, 2.45) is 5.84 Å². The first kappa shape index (κ1) is 10.0. The van der Waals surface area contributed by atoms with Gasteiger partial charge in [0.15, 0.2) is 0 Å². The van der Waals surface area contributed by atoms with Crippen LogP contribution in [0.3, 0.4) is 0 Å². The van der Waals surface area contributed by atoms with Crippen LogP contribution in [0.25, 0.3) is 0 Å². The lowest BCUT2D eigenvalue weighted by atomic mass is 10.3. The van der Waals surface area contributed by atoms with E-state index in [1.54, 1.807) is 6.07 Å². The Morgan fingerprint density at radius 1 is 1.46 bits per heavy atom. The van der Waals surface area contributed by atoms with E-state index in [9.17, 15) is 8.78 Å². The summed E-state index contributed by atoms with van der Waals surface area (Å²) in [7, 11) is 0. The fourth-order valence-corrected chi connectivity index (χ4v) is 0.942. The van der Waals surface area contributed by atoms with E-state index < -0.39 is 6.61 Å². The summed E-state index contributed by atoms with van der Waals surface area (Å²) in [5, 5.41) is 0.110. The Bertz CT molecular complexity index is 296. The van der Waals surface area contributed by atoms with E-state index in [1.165, 1.54) is 12.1 Å². The third-order valence-electron chi connectivity index (χ3n) is 1.31. The Kier molecular flexibility index (Phi) is 3.27. The number of alkyl halides is 2. The largest absolute Gasteiger partial charge is 0.433 e. The van der Waals surface area contributed by atoms with E-state index in [4.69, 9.17) is 17.4 Å². The van der Waals surface area contributed by atoms with Gasteiger partial charge in [0, 0.05) is 6.07 Å². The first-order valence-electron chi connectivity index (χ1n) is 3.34. The molecule has 0 aliphatic carbocycles. The number of hydrogen-bond acceptors (Lipinski definition) is 3. The number of ether oxygens (including phenoxy) is 1. The van der Waals surface area contributed by atoms with Gasteiger partial charge in [-0.05, 0) is 12.1 Å². The molecule has 0 heterocycles. The summed E-state index contributed by atoms with van der Waals surface area (Å²) in [4.78, 5) is 0. The molecule has 13 heavy (non-hydrogen) atoms. The van der Waals surface area contributed by atoms with Gasteiger partial charge in [-0.3, -0.25) is 5.84 Å². The smallest absolute Gasteiger partial charge is 0.387 e. The van der Waals surface area contributed by atoms with Crippen LogP contribution in [-0.2, 0) is 0 Å². The van der Waals surface area contributed by atoms with Crippen LogP contribution in [0.4, 0.5) is 14.5 Å². The highest BCUT2D eigenvalue weighted by Gasteiger charge is 2.08. The minimum absolute atomic E-state index is 0.105. The number of halogens is 3. The molecule has 0 bridgehead atoms. The molecule has 3 nitrogen and oxygen atoms in total. The number of benzene rings is 1. The number of rotatable bonds is 3. The summed E-state index contributed by atoms with van der Waals surface area (Å²) >= 11 is 5.57. The molecule has 0 spiro atoms. The lowest BCUT2D eigenvalue weighted by molar-refractivity contribution is -0.0497. The molecule has 3 N–H and O–H groups in total. The first-order chi connectivity index (χ1) is 6.13. The van der Waals surface area contributed by atoms with Crippen molar-refractivity contribution in [3.05, 3.63) is 23.2 Å². The maximum absolute atomic E-state index is 11.8. The van der Waals surface area contributed by atoms with Crippen LogP contribution < -0.4 is 16.0 Å². The zero-order valence-electron chi connectivity index (χ0n) is 6.43. The van der Waals surface area contributed by atoms with Crippen molar-refractivity contribution in [3.63, 3.8) is 0 Å². The zero-order valence-corrected chi connectivity index (χ0v) is 7.18. The molecule has 0 radical (unpaired) electrons. The molecule has 0 saturated heterocycles. The molecular formula is C7H7ClF2N2O. The Morgan fingerprint density at radius 2 is 2.15 bits per heavy atom. The van der Waals surface area contributed by atoms with Crippen LogP contribution >= 0.6 is 11.6 Å². The third kappa shape index (κ3) is 2.71. The van der Waals surface area contributed by atoms with E-state index in [2.05, 4.69) is 10.2 Å². The first-order valence-corrected chi connectivity index (χ1v) is 3.72. The van der Waals surface area contributed by atoms with Gasteiger partial charge in [-0.1, -0.05) is 11.6 Å². The topological polar surface area (TPSA) is 47.3 Å². The van der Waals surface area contributed by atoms with Crippen LogP contribution in [0, 0.1) is 0 Å². The highest BCUT2D eigenvalue weighted by Crippen LogP contribution is 2.28. The van der Waals surface area contributed by atoms with Crippen LogP contribution in [0.5, 0.6) is 5.75 Å². The number of nitrogens with one attached hydrogen (secondary N) is 1. The second kappa shape index (κ2) is 4.25. The molecule has 1 rings (SSSR count). The molecule has 0 aliphatic heterocycles. The van der Waals surface area contributed by atoms with E-state index in [0.717, 1.165) is 0 Å². The Labute approximate surface area is 78.4 Å². The fourth-order valence-electron chi connectivity index (χ4n) is 0.779. The van der Waals surface area contributed by atoms with Crippen molar-refractivity contribution in [2.75, 3.05) is 5.43 Å². The molecule has 6 heteroatoms. The maximum atomic E-state index is 11.8. The van der Waals surface area contributed by atoms with Crippen molar-refractivity contribution in [2.45, 2.75) is 6.61 Å². The Hall–Kier alpha value is -1.07. The van der Waals surface area contributed by atoms with Gasteiger partial charge in [-0.15, -0.1) is 0 Å². The molecule has 0 aliphatic rings. The molecule has 1 aromatic rings. The van der Waals surface area contributed by atoms with E-state index in [0.29, 0.717) is 5.69 Å². The molecule has 0 aromatic heterocycles. The lowest BCUT2D eigenvalue weighted by Gasteiger charge is -2.08. The van der Waals surface area contributed by atoms with Gasteiger partial charge in [0.25, 0.3) is 0 Å². The minimum Gasteiger partial charge on any atom is -0.433 e. The second-order valence-electron chi connectivity index (χ2n) is 2.17. The summed E-state index contributed by atoms with van der Waals surface area (Å²) < 4.78 is 27.7. The van der Waals surface area contributed by atoms with Gasteiger partial charge in [0.2, 0.25) is 0 Å². The number of nitrogen functional groups attached to an aromatic ring is 1. The molecule has 0 atom stereocenters. The van der Waals surface area contributed by atoms with Crippen molar-refractivity contribution < 1.29 is 13.5 Å². The fraction of sp³-hybridized carbons (Fsp3) is 0.143. The maximum Gasteiger partial charge on any atom is 0.387 e. The zero-order chi connectivity index (χ0) is 9.84. The summed E-state index contributed by atoms with van der Waals surface area (Å²) in [6.07, 6.45) is 0. The normalized spacial score (nSPS) is 10.2. The highest BCUT2D eigenvalue weighted by atomic mass is 35.5. The molecule has 1 aromatic carbocycles. The summed E-state index contributed by atoms with van der Waals surface area (Å²) in [6, 6.07) is 4.24. The average Bonchev–Trinajstić information content (AvgIpc) is 2.08. The van der Waals surface area contributed by atoms with Crippen molar-refractivity contribution in [1.29, 1.82) is 0 Å². The molecule has 0 fully saturated rings. The third-order valence-corrected chi connectivity index (χ3v) is 1.63. The number of nitrogens with two attached hydrogens (primary N) is 1. The van der Waals surface area contributed by atoms with Crippen LogP contribution in [0.1, 0.15) is 0 Å².